The molecule has 5 nitrogen and oxygen atoms in total. The Labute approximate surface area is 346 Å². The number of phosphoric ester groups is 1. The number of phosphoric acid groups is 1. The number of hydrogen-bond donors (Lipinski definition) is 0. The molecule has 0 saturated carbocycles. The zero-order valence-corrected chi connectivity index (χ0v) is 35.9. The highest BCUT2D eigenvalue weighted by Gasteiger charge is 2.36. The maximum absolute atomic E-state index is 14.8. The number of fused-ring (bicyclic) bond motifs is 6. The number of hydrogen-bond acceptors (Lipinski definition) is 5. The van der Waals surface area contributed by atoms with Crippen molar-refractivity contribution in [1.82, 2.24) is 0 Å². The molecule has 2 aliphatic rings. The Kier molecular flexibility index (Phi) is 11.7. The summed E-state index contributed by atoms with van der Waals surface area (Å²) in [5, 5.41) is 2.36. The van der Waals surface area contributed by atoms with E-state index in [0.717, 1.165) is 25.8 Å². The van der Waals surface area contributed by atoms with Crippen molar-refractivity contribution in [2.45, 2.75) is 38.0 Å². The number of halogens is 1. The molecule has 0 saturated heterocycles. The van der Waals surface area contributed by atoms with Crippen LogP contribution in [0.4, 0.5) is 0 Å². The fourth-order valence-electron chi connectivity index (χ4n) is 7.79. The molecule has 1 radical (unpaired) electrons. The third kappa shape index (κ3) is 8.37. The molecular formula is C48H45IO5PSi. The van der Waals surface area contributed by atoms with Gasteiger partial charge in [0.05, 0.1) is 26.4 Å². The van der Waals surface area contributed by atoms with Crippen molar-refractivity contribution in [2.24, 2.45) is 0 Å². The van der Waals surface area contributed by atoms with Crippen LogP contribution in [-0.2, 0) is 28.0 Å². The van der Waals surface area contributed by atoms with Crippen molar-refractivity contribution in [2.75, 3.05) is 26.4 Å². The lowest BCUT2D eigenvalue weighted by molar-refractivity contribution is 0.117. The van der Waals surface area contributed by atoms with E-state index in [1.54, 1.807) is 0 Å². The van der Waals surface area contributed by atoms with Gasteiger partial charge in [-0.2, -0.15) is 0 Å². The van der Waals surface area contributed by atoms with Crippen LogP contribution in [0.1, 0.15) is 60.4 Å². The molecule has 0 fully saturated rings. The van der Waals surface area contributed by atoms with Crippen molar-refractivity contribution in [3.8, 4) is 22.3 Å². The first-order valence-corrected chi connectivity index (χ1v) is 23.0. The van der Waals surface area contributed by atoms with E-state index in [4.69, 9.17) is 18.0 Å². The van der Waals surface area contributed by atoms with Gasteiger partial charge in [-0.05, 0) is 94.5 Å². The summed E-state index contributed by atoms with van der Waals surface area (Å²) in [5.74, 6) is -0.202. The summed E-state index contributed by atoms with van der Waals surface area (Å²) in [6, 6.07) is 52.7. The standard InChI is InChI=1S/C48H45IO5PSi/c1-48(2,3)34-25-27-37(28-26-34)56(36-15-5-4-6-16-36)54-31-35(49)29-30-51-55(50,52-32-46-42-21-11-7-17-38(42)39-18-8-12-22-43(39)46)53-33-47-44-23-13-9-19-40(44)41-20-10-14-24-45(41)47/h4-29,46-47H,30-33H2,1-3H3/b35-29-. The van der Waals surface area contributed by atoms with Gasteiger partial charge in [-0.25, -0.2) is 4.57 Å². The van der Waals surface area contributed by atoms with E-state index in [2.05, 4.69) is 165 Å². The van der Waals surface area contributed by atoms with E-state index in [0.29, 0.717) is 6.61 Å². The molecule has 0 atom stereocenters. The van der Waals surface area contributed by atoms with Crippen molar-refractivity contribution < 1.29 is 22.6 Å². The van der Waals surface area contributed by atoms with Crippen LogP contribution < -0.4 is 10.4 Å². The highest BCUT2D eigenvalue weighted by atomic mass is 127. The van der Waals surface area contributed by atoms with Gasteiger partial charge < -0.3 is 4.43 Å². The Balaban J connectivity index is 1.00. The predicted molar refractivity (Wildman–Crippen MR) is 238 cm³/mol. The van der Waals surface area contributed by atoms with Crippen LogP contribution in [0.3, 0.4) is 0 Å². The van der Waals surface area contributed by atoms with Gasteiger partial charge in [0, 0.05) is 15.4 Å². The first-order chi connectivity index (χ1) is 27.2. The van der Waals surface area contributed by atoms with Gasteiger partial charge in [-0.15, -0.1) is 0 Å². The Morgan fingerprint density at radius 1 is 0.589 bits per heavy atom. The van der Waals surface area contributed by atoms with Gasteiger partial charge in [-0.3, -0.25) is 13.6 Å². The normalized spacial score (nSPS) is 14.1. The molecule has 0 amide bonds. The lowest BCUT2D eigenvalue weighted by Crippen LogP contribution is -2.45. The first-order valence-electron chi connectivity index (χ1n) is 19.1. The van der Waals surface area contributed by atoms with Crippen LogP contribution in [-0.4, -0.2) is 35.5 Å². The molecule has 8 rings (SSSR count). The Bertz CT molecular complexity index is 2200. The molecular weight excluding hydrogens is 842 g/mol. The minimum Gasteiger partial charge on any atom is -0.402 e. The van der Waals surface area contributed by atoms with Crippen molar-refractivity contribution in [1.29, 1.82) is 0 Å². The van der Waals surface area contributed by atoms with Gasteiger partial charge in [-0.1, -0.05) is 172 Å². The van der Waals surface area contributed by atoms with Gasteiger partial charge in [0.15, 0.2) is 0 Å². The van der Waals surface area contributed by atoms with E-state index < -0.39 is 16.9 Å². The second kappa shape index (κ2) is 16.9. The summed E-state index contributed by atoms with van der Waals surface area (Å²) in [7, 11) is -5.59. The number of rotatable bonds is 14. The maximum Gasteiger partial charge on any atom is 0.475 e. The largest absolute Gasteiger partial charge is 0.475 e. The van der Waals surface area contributed by atoms with E-state index in [9.17, 15) is 4.57 Å². The third-order valence-corrected chi connectivity index (χ3v) is 15.0. The zero-order chi connectivity index (χ0) is 38.7. The Morgan fingerprint density at radius 2 is 1.00 bits per heavy atom. The predicted octanol–water partition coefficient (Wildman–Crippen LogP) is 11.2. The summed E-state index contributed by atoms with van der Waals surface area (Å²) >= 11 is 2.29. The molecule has 8 heteroatoms. The second-order valence-electron chi connectivity index (χ2n) is 15.3. The quantitative estimate of drug-likeness (QED) is 0.0620. The fraction of sp³-hybridized carbons (Fsp3) is 0.208. The summed E-state index contributed by atoms with van der Waals surface area (Å²) in [6.45, 7) is 7.43. The molecule has 6 aromatic rings. The highest BCUT2D eigenvalue weighted by Crippen LogP contribution is 2.55. The summed E-state index contributed by atoms with van der Waals surface area (Å²) in [4.78, 5) is 0. The van der Waals surface area contributed by atoms with E-state index in [1.807, 2.05) is 36.4 Å². The van der Waals surface area contributed by atoms with Gasteiger partial charge in [0.2, 0.25) is 0 Å². The molecule has 2 aliphatic carbocycles. The molecule has 0 N–H and O–H groups in total. The Hall–Kier alpha value is -3.92. The molecule has 0 unspecified atom stereocenters. The highest BCUT2D eigenvalue weighted by molar-refractivity contribution is 14.1. The van der Waals surface area contributed by atoms with E-state index in [-0.39, 0.29) is 37.1 Å². The van der Waals surface area contributed by atoms with Crippen LogP contribution >= 0.6 is 30.4 Å². The van der Waals surface area contributed by atoms with Crippen LogP contribution in [0.2, 0.25) is 0 Å². The summed E-state index contributed by atoms with van der Waals surface area (Å²) in [6.07, 6.45) is 1.91. The lowest BCUT2D eigenvalue weighted by Gasteiger charge is -2.23. The molecule has 0 spiro atoms. The minimum absolute atomic E-state index is 0.0439. The van der Waals surface area contributed by atoms with Crippen LogP contribution in [0.5, 0.6) is 0 Å². The second-order valence-corrected chi connectivity index (χ2v) is 20.4. The van der Waals surface area contributed by atoms with Crippen molar-refractivity contribution >= 4 is 49.8 Å². The maximum atomic E-state index is 14.8. The molecule has 56 heavy (non-hydrogen) atoms. The summed E-state index contributed by atoms with van der Waals surface area (Å²) < 4.78 is 41.3. The zero-order valence-electron chi connectivity index (χ0n) is 31.9. The van der Waals surface area contributed by atoms with E-state index >= 15 is 0 Å². The monoisotopic (exact) mass is 887 g/mol. The summed E-state index contributed by atoms with van der Waals surface area (Å²) in [5.41, 5.74) is 10.6. The Morgan fingerprint density at radius 3 is 1.45 bits per heavy atom. The van der Waals surface area contributed by atoms with Crippen LogP contribution in [0, 0.1) is 0 Å². The third-order valence-electron chi connectivity index (χ3n) is 10.7. The molecule has 283 valence electrons. The van der Waals surface area contributed by atoms with Crippen LogP contribution in [0.25, 0.3) is 22.3 Å². The van der Waals surface area contributed by atoms with E-state index in [1.165, 1.54) is 38.2 Å². The van der Waals surface area contributed by atoms with Gasteiger partial charge >= 0.3 is 7.82 Å². The number of benzene rings is 6. The topological polar surface area (TPSA) is 54.0 Å². The van der Waals surface area contributed by atoms with Crippen molar-refractivity contribution in [3.05, 3.63) is 189 Å². The SMILES string of the molecule is CC(C)(C)c1ccc([Si](OC/C(I)=C/COP(=O)(OCC2c3ccccc3-c3ccccc32)OCC2c3ccccc3-c3ccccc32)c2ccccc2)cc1. The minimum atomic E-state index is -4.06. The molecule has 6 aromatic carbocycles. The van der Waals surface area contributed by atoms with Crippen LogP contribution in [0.15, 0.2) is 161 Å². The molecule has 0 heterocycles. The van der Waals surface area contributed by atoms with Gasteiger partial charge in [0.25, 0.3) is 9.04 Å². The average molecular weight is 888 g/mol. The van der Waals surface area contributed by atoms with Crippen molar-refractivity contribution in [3.63, 3.8) is 0 Å². The molecule has 0 bridgehead atoms. The fourth-order valence-corrected chi connectivity index (χ4v) is 11.5. The lowest BCUT2D eigenvalue weighted by atomic mass is 9.87. The molecule has 0 aliphatic heterocycles. The molecule has 0 aromatic heterocycles. The average Bonchev–Trinajstić information content (AvgIpc) is 3.72. The smallest absolute Gasteiger partial charge is 0.402 e. The first kappa shape index (κ1) is 38.9. The van der Waals surface area contributed by atoms with Gasteiger partial charge in [0.1, 0.15) is 0 Å².